The number of carbonyl (C=O) groups excluding carboxylic acids is 1. The van der Waals surface area contributed by atoms with Crippen molar-refractivity contribution in [2.75, 3.05) is 19.5 Å². The lowest BCUT2D eigenvalue weighted by Crippen LogP contribution is -2.33. The van der Waals surface area contributed by atoms with Gasteiger partial charge in [-0.25, -0.2) is 4.68 Å². The molecule has 1 aromatic heterocycles. The first-order valence-corrected chi connectivity index (χ1v) is 10.9. The number of hydrogen-bond donors (Lipinski definition) is 1. The zero-order chi connectivity index (χ0) is 22.4. The van der Waals surface area contributed by atoms with Gasteiger partial charge in [0.1, 0.15) is 12.4 Å². The summed E-state index contributed by atoms with van der Waals surface area (Å²) in [6.07, 6.45) is 2.45. The molecule has 0 spiro atoms. The van der Waals surface area contributed by atoms with Crippen LogP contribution in [0.25, 0.3) is 0 Å². The summed E-state index contributed by atoms with van der Waals surface area (Å²) in [6.45, 7) is 0. The van der Waals surface area contributed by atoms with Crippen LogP contribution in [0.5, 0.6) is 11.5 Å². The van der Waals surface area contributed by atoms with Gasteiger partial charge in [-0.05, 0) is 36.1 Å². The van der Waals surface area contributed by atoms with Gasteiger partial charge in [0.15, 0.2) is 17.3 Å². The van der Waals surface area contributed by atoms with Gasteiger partial charge in [-0.2, -0.15) is 10.1 Å². The monoisotopic (exact) mass is 470 g/mol. The van der Waals surface area contributed by atoms with Gasteiger partial charge in [0, 0.05) is 23.3 Å². The van der Waals surface area contributed by atoms with E-state index in [2.05, 4.69) is 15.4 Å². The van der Waals surface area contributed by atoms with Crippen LogP contribution in [0.15, 0.2) is 54.0 Å². The van der Waals surface area contributed by atoms with E-state index in [4.69, 9.17) is 32.7 Å². The van der Waals surface area contributed by atoms with Gasteiger partial charge in [0.2, 0.25) is 5.95 Å². The summed E-state index contributed by atoms with van der Waals surface area (Å²) < 4.78 is 12.5. The molecule has 0 amide bonds. The molecule has 1 N–H and O–H groups in total. The molecule has 3 aromatic rings. The number of nitrogens with one attached hydrogen (secondary N) is 1. The maximum absolute atomic E-state index is 13.5. The Bertz CT molecular complexity index is 1250. The molecule has 32 heavy (non-hydrogen) atoms. The highest BCUT2D eigenvalue weighted by atomic mass is 35.5. The van der Waals surface area contributed by atoms with Gasteiger partial charge >= 0.3 is 0 Å². The number of ketones is 1. The van der Waals surface area contributed by atoms with E-state index in [1.165, 1.54) is 6.33 Å². The molecule has 1 aliphatic heterocycles. The molecule has 0 fully saturated rings. The summed E-state index contributed by atoms with van der Waals surface area (Å²) in [5.41, 5.74) is 3.19. The first kappa shape index (κ1) is 20.8. The molecule has 1 aliphatic carbocycles. The van der Waals surface area contributed by atoms with Crippen molar-refractivity contribution in [3.63, 3.8) is 0 Å². The van der Waals surface area contributed by atoms with Gasteiger partial charge in [-0.3, -0.25) is 4.79 Å². The number of nitrogens with zero attached hydrogens (tertiary/aromatic N) is 3. The number of hydrogen-bond acceptors (Lipinski definition) is 6. The Morgan fingerprint density at radius 2 is 1.91 bits per heavy atom. The number of anilines is 1. The number of ether oxygens (including phenoxy) is 2. The first-order valence-electron chi connectivity index (χ1n) is 10.1. The SMILES string of the molecule is COc1ccc([C@@H]2CC(=O)C3=C(C2)Nc2ncnn2[C@@H]3c2cccc(Cl)c2Cl)cc1OC. The molecule has 7 nitrogen and oxygen atoms in total. The van der Waals surface area contributed by atoms with Gasteiger partial charge in [-0.15, -0.1) is 0 Å². The van der Waals surface area contributed by atoms with Gasteiger partial charge < -0.3 is 14.8 Å². The van der Waals surface area contributed by atoms with Crippen molar-refractivity contribution in [3.05, 3.63) is 75.2 Å². The highest BCUT2D eigenvalue weighted by molar-refractivity contribution is 6.42. The quantitative estimate of drug-likeness (QED) is 0.576. The summed E-state index contributed by atoms with van der Waals surface area (Å²) in [7, 11) is 3.20. The smallest absolute Gasteiger partial charge is 0.226 e. The summed E-state index contributed by atoms with van der Waals surface area (Å²) in [4.78, 5) is 17.8. The second-order valence-corrected chi connectivity index (χ2v) is 8.52. The average molecular weight is 471 g/mol. The number of aromatic nitrogens is 3. The Balaban J connectivity index is 1.58. The lowest BCUT2D eigenvalue weighted by Gasteiger charge is -2.35. The van der Waals surface area contributed by atoms with Crippen LogP contribution in [0.2, 0.25) is 10.0 Å². The Labute approximate surface area is 195 Å². The summed E-state index contributed by atoms with van der Waals surface area (Å²) in [5.74, 6) is 1.86. The number of Topliss-reactive ketones (excluding diaryl/α,β-unsaturated/α-hetero) is 1. The average Bonchev–Trinajstić information content (AvgIpc) is 3.27. The van der Waals surface area contributed by atoms with E-state index in [-0.39, 0.29) is 11.7 Å². The highest BCUT2D eigenvalue weighted by Gasteiger charge is 2.40. The van der Waals surface area contributed by atoms with Crippen molar-refractivity contribution in [1.82, 2.24) is 14.8 Å². The number of halogens is 2. The summed E-state index contributed by atoms with van der Waals surface area (Å²) >= 11 is 12.8. The molecule has 2 aliphatic rings. The van der Waals surface area contributed by atoms with Crippen molar-refractivity contribution < 1.29 is 14.3 Å². The van der Waals surface area contributed by atoms with E-state index in [1.807, 2.05) is 30.3 Å². The maximum atomic E-state index is 13.5. The Morgan fingerprint density at radius 3 is 2.69 bits per heavy atom. The topological polar surface area (TPSA) is 78.3 Å². The molecular formula is C23H20Cl2N4O3. The molecule has 0 bridgehead atoms. The number of methoxy groups -OCH3 is 2. The second kappa shape index (κ2) is 8.15. The zero-order valence-electron chi connectivity index (χ0n) is 17.4. The number of fused-ring (bicyclic) bond motifs is 1. The van der Waals surface area contributed by atoms with Crippen molar-refractivity contribution in [3.8, 4) is 11.5 Å². The van der Waals surface area contributed by atoms with Crippen LogP contribution in [-0.2, 0) is 4.79 Å². The molecule has 0 unspecified atom stereocenters. The molecule has 164 valence electrons. The van der Waals surface area contributed by atoms with Gasteiger partial charge in [0.25, 0.3) is 0 Å². The number of allylic oxidation sites excluding steroid dienone is 2. The minimum Gasteiger partial charge on any atom is -0.493 e. The summed E-state index contributed by atoms with van der Waals surface area (Å²) in [6, 6.07) is 10.7. The third-order valence-electron chi connectivity index (χ3n) is 6.02. The van der Waals surface area contributed by atoms with Crippen LogP contribution in [0.4, 0.5) is 5.95 Å². The van der Waals surface area contributed by atoms with E-state index in [9.17, 15) is 4.79 Å². The lowest BCUT2D eigenvalue weighted by molar-refractivity contribution is -0.116. The predicted molar refractivity (Wildman–Crippen MR) is 122 cm³/mol. The molecule has 0 saturated carbocycles. The molecule has 2 atom stereocenters. The van der Waals surface area contributed by atoms with Crippen LogP contribution >= 0.6 is 23.2 Å². The van der Waals surface area contributed by atoms with Crippen molar-refractivity contribution in [2.45, 2.75) is 24.8 Å². The highest BCUT2D eigenvalue weighted by Crippen LogP contribution is 2.46. The van der Waals surface area contributed by atoms with Crippen LogP contribution in [0.3, 0.4) is 0 Å². The first-order chi connectivity index (χ1) is 15.5. The number of rotatable bonds is 4. The maximum Gasteiger partial charge on any atom is 0.226 e. The molecule has 5 rings (SSSR count). The molecule has 0 radical (unpaired) electrons. The van der Waals surface area contributed by atoms with Crippen molar-refractivity contribution in [1.29, 1.82) is 0 Å². The number of carbonyl (C=O) groups is 1. The minimum absolute atomic E-state index is 0.0153. The predicted octanol–water partition coefficient (Wildman–Crippen LogP) is 5.02. The fraction of sp³-hybridized carbons (Fsp3) is 0.261. The zero-order valence-corrected chi connectivity index (χ0v) is 18.9. The molecular weight excluding hydrogens is 451 g/mol. The van der Waals surface area contributed by atoms with Crippen LogP contribution in [-0.4, -0.2) is 34.8 Å². The van der Waals surface area contributed by atoms with Crippen LogP contribution in [0, 0.1) is 0 Å². The molecule has 9 heteroatoms. The fourth-order valence-corrected chi connectivity index (χ4v) is 4.92. The van der Waals surface area contributed by atoms with E-state index in [0.29, 0.717) is 45.9 Å². The minimum atomic E-state index is -0.492. The van der Waals surface area contributed by atoms with Gasteiger partial charge in [-0.1, -0.05) is 41.4 Å². The lowest BCUT2D eigenvalue weighted by atomic mass is 9.78. The Hall–Kier alpha value is -3.03. The third kappa shape index (κ3) is 3.32. The molecule has 2 aromatic carbocycles. The van der Waals surface area contributed by atoms with Crippen molar-refractivity contribution >= 4 is 34.9 Å². The third-order valence-corrected chi connectivity index (χ3v) is 6.85. The van der Waals surface area contributed by atoms with E-state index in [0.717, 1.165) is 16.8 Å². The van der Waals surface area contributed by atoms with E-state index in [1.54, 1.807) is 25.0 Å². The van der Waals surface area contributed by atoms with Crippen LogP contribution in [0.1, 0.15) is 35.9 Å². The van der Waals surface area contributed by atoms with Crippen molar-refractivity contribution in [2.24, 2.45) is 0 Å². The largest absolute Gasteiger partial charge is 0.493 e. The molecule has 0 saturated heterocycles. The van der Waals surface area contributed by atoms with E-state index < -0.39 is 6.04 Å². The standard InChI is InChI=1S/C23H20Cl2N4O3/c1-31-18-7-6-12(10-19(18)32-2)13-8-16-20(17(30)9-13)22(29-23(28-16)26-11-27-29)14-4-3-5-15(24)21(14)25/h3-7,10-11,13,22H,8-9H2,1-2H3,(H,26,27,28)/t13-,22+/m0/s1. The summed E-state index contributed by atoms with van der Waals surface area (Å²) in [5, 5.41) is 8.50. The molecule has 2 heterocycles. The normalized spacial score (nSPS) is 19.8. The second-order valence-electron chi connectivity index (χ2n) is 7.73. The number of benzene rings is 2. The Kier molecular flexibility index (Phi) is 5.31. The van der Waals surface area contributed by atoms with E-state index >= 15 is 0 Å². The van der Waals surface area contributed by atoms with Gasteiger partial charge in [0.05, 0.1) is 24.3 Å². The fourth-order valence-electron chi connectivity index (χ4n) is 4.51. The van der Waals surface area contributed by atoms with Crippen LogP contribution < -0.4 is 14.8 Å². The Morgan fingerprint density at radius 1 is 1.09 bits per heavy atom.